The monoisotopic (exact) mass is 185 g/mol. The van der Waals surface area contributed by atoms with Crippen molar-refractivity contribution >= 4 is 0 Å². The van der Waals surface area contributed by atoms with Gasteiger partial charge in [-0.05, 0) is 17.5 Å². The van der Waals surface area contributed by atoms with E-state index in [2.05, 4.69) is 0 Å². The highest BCUT2D eigenvalue weighted by molar-refractivity contribution is 5.28. The maximum Gasteiger partial charge on any atom is 0.130 e. The number of nitrogens with two attached hydrogens (primary N) is 1. The molecule has 0 aliphatic rings. The zero-order valence-electron chi connectivity index (χ0n) is 7.77. The van der Waals surface area contributed by atoms with Gasteiger partial charge < -0.3 is 5.73 Å². The smallest absolute Gasteiger partial charge is 0.130 e. The lowest BCUT2D eigenvalue weighted by molar-refractivity contribution is 0.556. The number of hydrogen-bond acceptors (Lipinski definition) is 1. The number of rotatable bonds is 2. The van der Waals surface area contributed by atoms with Gasteiger partial charge in [-0.3, -0.25) is 0 Å². The van der Waals surface area contributed by atoms with E-state index in [1.54, 1.807) is 0 Å². The first-order chi connectivity index (χ1) is 6.06. The third kappa shape index (κ3) is 2.04. The lowest BCUT2D eigenvalue weighted by Gasteiger charge is -2.09. The minimum atomic E-state index is -0.565. The first-order valence-corrected chi connectivity index (χ1v) is 4.24. The van der Waals surface area contributed by atoms with Gasteiger partial charge in [0.15, 0.2) is 0 Å². The largest absolute Gasteiger partial charge is 0.326 e. The summed E-state index contributed by atoms with van der Waals surface area (Å²) in [5.74, 6) is -1.01. The molecular weight excluding hydrogens is 172 g/mol. The van der Waals surface area contributed by atoms with Crippen molar-refractivity contribution in [2.24, 2.45) is 5.73 Å². The highest BCUT2D eigenvalue weighted by Crippen LogP contribution is 2.21. The highest BCUT2D eigenvalue weighted by Gasteiger charge is 2.11. The fourth-order valence-corrected chi connectivity index (χ4v) is 1.21. The van der Waals surface area contributed by atoms with Crippen LogP contribution in [-0.4, -0.2) is 0 Å². The molecule has 0 heterocycles. The molecule has 0 aromatic heterocycles. The summed E-state index contributed by atoms with van der Waals surface area (Å²) in [6, 6.07) is 2.40. The maximum atomic E-state index is 13.1. The van der Waals surface area contributed by atoms with Crippen LogP contribution >= 0.6 is 0 Å². The first-order valence-electron chi connectivity index (χ1n) is 4.24. The lowest BCUT2D eigenvalue weighted by Crippen LogP contribution is -2.04. The molecule has 0 bridgehead atoms. The van der Waals surface area contributed by atoms with Crippen LogP contribution in [0.15, 0.2) is 12.1 Å². The van der Waals surface area contributed by atoms with Crippen LogP contribution in [0.2, 0.25) is 0 Å². The molecule has 3 heteroatoms. The predicted octanol–water partition coefficient (Wildman–Crippen LogP) is 2.55. The fraction of sp³-hybridized carbons (Fsp3) is 0.400. The van der Waals surface area contributed by atoms with Gasteiger partial charge in [0.1, 0.15) is 11.6 Å². The second-order valence-electron chi connectivity index (χ2n) is 3.32. The van der Waals surface area contributed by atoms with Crippen LogP contribution in [0.3, 0.4) is 0 Å². The Bertz CT molecular complexity index is 308. The van der Waals surface area contributed by atoms with E-state index in [0.717, 1.165) is 6.07 Å². The highest BCUT2D eigenvalue weighted by atomic mass is 19.1. The van der Waals surface area contributed by atoms with Crippen LogP contribution in [-0.2, 0) is 6.54 Å². The van der Waals surface area contributed by atoms with Crippen molar-refractivity contribution < 1.29 is 8.78 Å². The van der Waals surface area contributed by atoms with Crippen molar-refractivity contribution in [2.75, 3.05) is 0 Å². The van der Waals surface area contributed by atoms with Gasteiger partial charge in [-0.2, -0.15) is 0 Å². The molecule has 0 fully saturated rings. The molecule has 1 rings (SSSR count). The first kappa shape index (κ1) is 10.1. The van der Waals surface area contributed by atoms with Gasteiger partial charge in [-0.15, -0.1) is 0 Å². The van der Waals surface area contributed by atoms with Gasteiger partial charge in [0.2, 0.25) is 0 Å². The van der Waals surface area contributed by atoms with Crippen molar-refractivity contribution in [3.05, 3.63) is 34.9 Å². The summed E-state index contributed by atoms with van der Waals surface area (Å²) in [6.45, 7) is 3.82. The quantitative estimate of drug-likeness (QED) is 0.752. The van der Waals surface area contributed by atoms with Gasteiger partial charge >= 0.3 is 0 Å². The topological polar surface area (TPSA) is 26.0 Å². The predicted molar refractivity (Wildman–Crippen MR) is 48.3 cm³/mol. The Morgan fingerprint density at radius 1 is 1.23 bits per heavy atom. The zero-order valence-corrected chi connectivity index (χ0v) is 7.77. The summed E-state index contributed by atoms with van der Waals surface area (Å²) in [5.41, 5.74) is 6.19. The Morgan fingerprint density at radius 3 is 2.31 bits per heavy atom. The van der Waals surface area contributed by atoms with Crippen LogP contribution in [0.25, 0.3) is 0 Å². The molecule has 1 aromatic rings. The third-order valence-corrected chi connectivity index (χ3v) is 2.01. The van der Waals surface area contributed by atoms with E-state index in [4.69, 9.17) is 5.73 Å². The van der Waals surface area contributed by atoms with E-state index < -0.39 is 11.6 Å². The number of benzene rings is 1. The minimum absolute atomic E-state index is 0.0471. The minimum Gasteiger partial charge on any atom is -0.326 e. The van der Waals surface area contributed by atoms with Crippen molar-refractivity contribution in [1.82, 2.24) is 0 Å². The van der Waals surface area contributed by atoms with Crippen molar-refractivity contribution in [3.63, 3.8) is 0 Å². The SMILES string of the molecule is CC(C)c1cc(CN)c(F)cc1F. The van der Waals surface area contributed by atoms with Crippen LogP contribution < -0.4 is 5.73 Å². The van der Waals surface area contributed by atoms with E-state index in [-0.39, 0.29) is 12.5 Å². The summed E-state index contributed by atoms with van der Waals surface area (Å²) < 4.78 is 26.1. The fourth-order valence-electron chi connectivity index (χ4n) is 1.21. The van der Waals surface area contributed by atoms with E-state index in [1.165, 1.54) is 6.07 Å². The molecule has 72 valence electrons. The van der Waals surface area contributed by atoms with Crippen molar-refractivity contribution in [3.8, 4) is 0 Å². The zero-order chi connectivity index (χ0) is 10.0. The normalized spacial score (nSPS) is 10.9. The summed E-state index contributed by atoms with van der Waals surface area (Å²) in [6.07, 6.45) is 0. The Kier molecular flexibility index (Phi) is 2.98. The average Bonchev–Trinajstić information content (AvgIpc) is 2.03. The molecule has 0 unspecified atom stereocenters. The van der Waals surface area contributed by atoms with E-state index in [1.807, 2.05) is 13.8 Å². The molecule has 0 atom stereocenters. The summed E-state index contributed by atoms with van der Waals surface area (Å²) in [5, 5.41) is 0. The van der Waals surface area contributed by atoms with E-state index in [0.29, 0.717) is 11.1 Å². The molecule has 0 radical (unpaired) electrons. The number of hydrogen-bond donors (Lipinski definition) is 1. The molecule has 0 aliphatic carbocycles. The molecule has 13 heavy (non-hydrogen) atoms. The third-order valence-electron chi connectivity index (χ3n) is 2.01. The maximum absolute atomic E-state index is 13.1. The molecule has 0 saturated heterocycles. The molecule has 1 aromatic carbocycles. The van der Waals surface area contributed by atoms with Crippen LogP contribution in [0.4, 0.5) is 8.78 Å². The van der Waals surface area contributed by atoms with Gasteiger partial charge in [-0.1, -0.05) is 13.8 Å². The summed E-state index contributed by atoms with van der Waals surface area (Å²) in [7, 11) is 0. The Morgan fingerprint density at radius 2 is 1.85 bits per heavy atom. The standard InChI is InChI=1S/C10H13F2N/c1-6(2)8-3-7(5-13)9(11)4-10(8)12/h3-4,6H,5,13H2,1-2H3. The molecule has 1 nitrogen and oxygen atoms in total. The second kappa shape index (κ2) is 3.83. The van der Waals surface area contributed by atoms with Crippen molar-refractivity contribution in [2.45, 2.75) is 26.3 Å². The van der Waals surface area contributed by atoms with Gasteiger partial charge in [-0.25, -0.2) is 8.78 Å². The van der Waals surface area contributed by atoms with Crippen LogP contribution in [0.1, 0.15) is 30.9 Å². The Balaban J connectivity index is 3.22. The van der Waals surface area contributed by atoms with Gasteiger partial charge in [0.25, 0.3) is 0 Å². The Hall–Kier alpha value is -0.960. The molecule has 0 amide bonds. The molecule has 0 spiro atoms. The molecular formula is C10H13F2N. The Labute approximate surface area is 76.6 Å². The van der Waals surface area contributed by atoms with Crippen molar-refractivity contribution in [1.29, 1.82) is 0 Å². The van der Waals surface area contributed by atoms with Crippen LogP contribution in [0.5, 0.6) is 0 Å². The molecule has 2 N–H and O–H groups in total. The average molecular weight is 185 g/mol. The summed E-state index contributed by atoms with van der Waals surface area (Å²) in [4.78, 5) is 0. The van der Waals surface area contributed by atoms with Gasteiger partial charge in [0, 0.05) is 18.2 Å². The second-order valence-corrected chi connectivity index (χ2v) is 3.32. The summed E-state index contributed by atoms with van der Waals surface area (Å²) >= 11 is 0. The van der Waals surface area contributed by atoms with Gasteiger partial charge in [0.05, 0.1) is 0 Å². The number of halogens is 2. The van der Waals surface area contributed by atoms with E-state index in [9.17, 15) is 8.78 Å². The lowest BCUT2D eigenvalue weighted by atomic mass is 10.00. The van der Waals surface area contributed by atoms with E-state index >= 15 is 0 Å². The molecule has 0 aliphatic heterocycles. The van der Waals surface area contributed by atoms with Crippen LogP contribution in [0, 0.1) is 11.6 Å². The molecule has 0 saturated carbocycles.